The summed E-state index contributed by atoms with van der Waals surface area (Å²) in [4.78, 5) is 111. The van der Waals surface area contributed by atoms with Crippen molar-refractivity contribution in [2.45, 2.75) is 88.9 Å². The summed E-state index contributed by atoms with van der Waals surface area (Å²) < 4.78 is 61.3. The molecule has 0 saturated carbocycles. The van der Waals surface area contributed by atoms with E-state index in [1.807, 2.05) is 0 Å². The van der Waals surface area contributed by atoms with Crippen LogP contribution in [0.15, 0.2) is 11.3 Å². The minimum absolute atomic E-state index is 0.0103. The average molecular weight is 994 g/mol. The zero-order chi connectivity index (χ0) is 48.0. The Morgan fingerprint density at radius 1 is 0.969 bits per heavy atom. The van der Waals surface area contributed by atoms with Gasteiger partial charge < -0.3 is 67.3 Å². The van der Waals surface area contributed by atoms with Gasteiger partial charge in [0, 0.05) is 50.4 Å². The van der Waals surface area contributed by atoms with Gasteiger partial charge in [-0.2, -0.15) is 16.1 Å². The van der Waals surface area contributed by atoms with E-state index in [1.165, 1.54) is 38.7 Å². The molecule has 3 unspecified atom stereocenters. The maximum absolute atomic E-state index is 12.7. The number of nitrogens with two attached hydrogens (primary N) is 2. The van der Waals surface area contributed by atoms with E-state index in [1.54, 1.807) is 0 Å². The van der Waals surface area contributed by atoms with Gasteiger partial charge in [0.1, 0.15) is 48.6 Å². The molecule has 0 bridgehead atoms. The number of phosphoric ester groups is 3. The standard InChI is InChI=1S/C32H54N9O19P3S/c1-17(42)41-19(30(34)47)6-4-5-8-35-22(44)14-64-11-10-36-21(43)7-9-37-31(48)28(46)32(2,3)15-57-63(54,55)60-62(52,53)56-13-20-27(59-61(49,50)51)25(45)26(58-20)18-12-38-24-23(18)39-16-40-29(24)33/h12,16,18-20,25-28,45-46H,4-11,13-15H2,1-3H3,(H2,34,47)(H,35,44)(H,36,43)(H,37,48)(H,41,42)(H,52,53)(H,54,55)(H2,33,39,40)(H2,49,50,51)/t18?,19-,20+,25-,26-,27+,28-/m0/s1. The molecule has 2 aliphatic rings. The Bertz CT molecular complexity index is 2000. The third kappa shape index (κ3) is 18.1. The largest absolute Gasteiger partial charge is 0.481 e. The second-order valence-corrected chi connectivity index (χ2v) is 20.3. The number of fused-ring (bicyclic) bond motifs is 1. The van der Waals surface area contributed by atoms with Crippen molar-refractivity contribution in [2.24, 2.45) is 16.1 Å². The van der Waals surface area contributed by atoms with E-state index in [0.717, 1.165) is 6.33 Å². The smallest absolute Gasteiger partial charge is 0.388 e. The van der Waals surface area contributed by atoms with Crippen LogP contribution in [0.5, 0.6) is 0 Å². The van der Waals surface area contributed by atoms with Crippen molar-refractivity contribution in [3.8, 4) is 0 Å². The summed E-state index contributed by atoms with van der Waals surface area (Å²) in [6, 6.07) is -0.779. The molecule has 362 valence electrons. The van der Waals surface area contributed by atoms with E-state index in [2.05, 4.69) is 45.1 Å². The van der Waals surface area contributed by atoms with E-state index in [4.69, 9.17) is 25.3 Å². The second kappa shape index (κ2) is 24.3. The highest BCUT2D eigenvalue weighted by atomic mass is 32.2. The number of hydrogen-bond acceptors (Lipinski definition) is 20. The Morgan fingerprint density at radius 3 is 2.30 bits per heavy atom. The highest BCUT2D eigenvalue weighted by molar-refractivity contribution is 7.99. The van der Waals surface area contributed by atoms with E-state index in [9.17, 15) is 67.5 Å². The molecule has 64 heavy (non-hydrogen) atoms. The molecule has 2 aliphatic heterocycles. The fourth-order valence-corrected chi connectivity index (χ4v) is 9.46. The number of aliphatic hydroxyl groups is 2. The summed E-state index contributed by atoms with van der Waals surface area (Å²) >= 11 is 1.25. The van der Waals surface area contributed by atoms with Gasteiger partial charge in [-0.1, -0.05) is 13.8 Å². The average Bonchev–Trinajstić information content (AvgIpc) is 3.74. The lowest BCUT2D eigenvalue weighted by Crippen LogP contribution is -2.46. The lowest BCUT2D eigenvalue weighted by Gasteiger charge is -2.30. The topological polar surface area (TPSA) is 442 Å². The molecule has 28 nitrogen and oxygen atoms in total. The van der Waals surface area contributed by atoms with Crippen molar-refractivity contribution in [3.05, 3.63) is 12.0 Å². The fraction of sp³-hybridized carbons (Fsp3) is 0.688. The lowest BCUT2D eigenvalue weighted by molar-refractivity contribution is -0.137. The molecule has 14 N–H and O–H groups in total. The SMILES string of the molecule is CC(=O)N[C@@H](CCCCNC(=O)CSCCNC(=O)CCNC(=O)[C@H](O)C(C)(C)COP(=O)(O)OP(=O)(O)OC[C@H]1O[C@@H](C2C=Nc3c(N)ncnc32)[C@H](O)[C@@H]1OP(=O)(O)O)C(N)=O. The number of unbranched alkanes of at least 4 members (excludes halogenated alkanes) is 1. The molecular weight excluding hydrogens is 939 g/mol. The normalized spacial score (nSPS) is 22.4. The van der Waals surface area contributed by atoms with E-state index in [-0.39, 0.29) is 54.3 Å². The number of hydrogen-bond donors (Lipinski definition) is 12. The second-order valence-electron chi connectivity index (χ2n) is 14.9. The number of phosphoric acid groups is 3. The highest BCUT2D eigenvalue weighted by Gasteiger charge is 2.52. The molecular formula is C32H54N9O19P3S. The first-order chi connectivity index (χ1) is 29.7. The van der Waals surface area contributed by atoms with Crippen molar-refractivity contribution in [1.82, 2.24) is 31.2 Å². The van der Waals surface area contributed by atoms with Crippen molar-refractivity contribution < 1.29 is 90.1 Å². The zero-order valence-corrected chi connectivity index (χ0v) is 38.2. The van der Waals surface area contributed by atoms with Gasteiger partial charge >= 0.3 is 23.5 Å². The Hall–Kier alpha value is -3.50. The number of anilines is 1. The highest BCUT2D eigenvalue weighted by Crippen LogP contribution is 2.61. The predicted octanol–water partition coefficient (Wildman–Crippen LogP) is -2.27. The van der Waals surface area contributed by atoms with Crippen LogP contribution in [0.25, 0.3) is 0 Å². The minimum atomic E-state index is -5.58. The quantitative estimate of drug-likeness (QED) is 0.0311. The van der Waals surface area contributed by atoms with Crippen molar-refractivity contribution >= 4 is 82.5 Å². The number of primary amides is 1. The van der Waals surface area contributed by atoms with Gasteiger partial charge in [0.15, 0.2) is 5.82 Å². The number of rotatable bonds is 28. The van der Waals surface area contributed by atoms with Crippen LogP contribution in [0.2, 0.25) is 0 Å². The number of aromatic nitrogens is 2. The van der Waals surface area contributed by atoms with Crippen LogP contribution in [-0.2, 0) is 60.3 Å². The number of carbonyl (C=O) groups excluding carboxylic acids is 5. The third-order valence-corrected chi connectivity index (χ3v) is 13.2. The third-order valence-electron chi connectivity index (χ3n) is 9.16. The van der Waals surface area contributed by atoms with Crippen LogP contribution in [0.4, 0.5) is 11.5 Å². The monoisotopic (exact) mass is 993 g/mol. The molecule has 3 rings (SSSR count). The van der Waals surface area contributed by atoms with Gasteiger partial charge in [-0.15, -0.1) is 0 Å². The molecule has 1 fully saturated rings. The van der Waals surface area contributed by atoms with E-state index >= 15 is 0 Å². The molecule has 1 saturated heterocycles. The molecule has 1 aromatic rings. The number of amides is 5. The van der Waals surface area contributed by atoms with Crippen LogP contribution in [0.3, 0.4) is 0 Å². The van der Waals surface area contributed by atoms with Gasteiger partial charge in [-0.05, 0) is 19.3 Å². The fourth-order valence-electron chi connectivity index (χ4n) is 5.96. The van der Waals surface area contributed by atoms with E-state index in [0.29, 0.717) is 31.6 Å². The molecule has 0 aliphatic carbocycles. The van der Waals surface area contributed by atoms with Crippen LogP contribution < -0.4 is 32.7 Å². The maximum atomic E-state index is 12.7. The van der Waals surface area contributed by atoms with E-state index < -0.39 is 102 Å². The van der Waals surface area contributed by atoms with Crippen molar-refractivity contribution in [3.63, 3.8) is 0 Å². The molecule has 0 aromatic carbocycles. The Labute approximate surface area is 370 Å². The van der Waals surface area contributed by atoms with Gasteiger partial charge in [-0.25, -0.2) is 23.7 Å². The number of nitrogen functional groups attached to an aromatic ring is 1. The number of thioether (sulfide) groups is 1. The predicted molar refractivity (Wildman–Crippen MR) is 223 cm³/mol. The summed E-state index contributed by atoms with van der Waals surface area (Å²) in [5.74, 6) is -3.17. The molecule has 32 heteroatoms. The van der Waals surface area contributed by atoms with Gasteiger partial charge in [0.05, 0.1) is 30.6 Å². The summed E-state index contributed by atoms with van der Waals surface area (Å²) in [7, 11) is -16.4. The first-order valence-electron chi connectivity index (χ1n) is 19.2. The zero-order valence-electron chi connectivity index (χ0n) is 34.7. The summed E-state index contributed by atoms with van der Waals surface area (Å²) in [6.07, 6.45) is -5.08. The summed E-state index contributed by atoms with van der Waals surface area (Å²) in [5.41, 5.74) is 9.74. The van der Waals surface area contributed by atoms with Gasteiger partial charge in [0.2, 0.25) is 29.5 Å². The van der Waals surface area contributed by atoms with Crippen LogP contribution in [0, 0.1) is 5.41 Å². The molecule has 5 amide bonds. The first kappa shape index (κ1) is 54.8. The number of ether oxygens (including phenoxy) is 1. The van der Waals surface area contributed by atoms with Crippen LogP contribution in [-0.4, -0.2) is 156 Å². The van der Waals surface area contributed by atoms with Crippen LogP contribution in [0.1, 0.15) is 58.1 Å². The number of aliphatic imine (C=N–C) groups is 1. The number of nitrogens with zero attached hydrogens (tertiary/aromatic N) is 3. The molecule has 1 aromatic heterocycles. The molecule has 3 heterocycles. The maximum Gasteiger partial charge on any atom is 0.481 e. The van der Waals surface area contributed by atoms with Gasteiger partial charge in [-0.3, -0.25) is 42.5 Å². The lowest BCUT2D eigenvalue weighted by atomic mass is 9.87. The number of nitrogens with one attached hydrogen (secondary N) is 4. The number of aliphatic hydroxyl groups excluding tert-OH is 2. The molecule has 0 spiro atoms. The van der Waals surface area contributed by atoms with Crippen molar-refractivity contribution in [2.75, 3.05) is 50.1 Å². The van der Waals surface area contributed by atoms with Crippen LogP contribution >= 0.6 is 35.2 Å². The Morgan fingerprint density at radius 2 is 1.64 bits per heavy atom. The van der Waals surface area contributed by atoms with Gasteiger partial charge in [0.25, 0.3) is 0 Å². The Kier molecular flexibility index (Phi) is 20.8. The van der Waals surface area contributed by atoms with Crippen molar-refractivity contribution in [1.29, 1.82) is 0 Å². The minimum Gasteiger partial charge on any atom is -0.388 e. The molecule has 0 radical (unpaired) electrons. The number of carbonyl (C=O) groups is 5. The Balaban J connectivity index is 1.36. The molecule has 9 atom stereocenters. The summed E-state index contributed by atoms with van der Waals surface area (Å²) in [5, 5.41) is 31.7. The first-order valence-corrected chi connectivity index (χ1v) is 24.9. The summed E-state index contributed by atoms with van der Waals surface area (Å²) in [6.45, 7) is 2.06.